The van der Waals surface area contributed by atoms with Crippen LogP contribution in [-0.2, 0) is 4.74 Å². The summed E-state index contributed by atoms with van der Waals surface area (Å²) in [6.07, 6.45) is 8.04. The molecule has 0 aliphatic carbocycles. The fourth-order valence-corrected chi connectivity index (χ4v) is 3.53. The van der Waals surface area contributed by atoms with Crippen molar-refractivity contribution < 1.29 is 4.74 Å². The maximum absolute atomic E-state index is 5.15. The predicted octanol–water partition coefficient (Wildman–Crippen LogP) is 2.02. The van der Waals surface area contributed by atoms with E-state index < -0.39 is 0 Å². The number of hydrogen-bond acceptors (Lipinski definition) is 3. The summed E-state index contributed by atoms with van der Waals surface area (Å²) in [7, 11) is 4.10. The normalized spacial score (nSPS) is 35.8. The molecule has 2 fully saturated rings. The summed E-state index contributed by atoms with van der Waals surface area (Å²) in [4.78, 5) is 2.63. The highest BCUT2D eigenvalue weighted by Gasteiger charge is 2.35. The first kappa shape index (κ1) is 13.3. The van der Waals surface area contributed by atoms with Gasteiger partial charge in [0.2, 0.25) is 0 Å². The van der Waals surface area contributed by atoms with E-state index in [0.29, 0.717) is 6.04 Å². The Hall–Kier alpha value is -0.120. The van der Waals surface area contributed by atoms with E-state index in [1.807, 2.05) is 0 Å². The molecule has 1 N–H and O–H groups in total. The van der Waals surface area contributed by atoms with Gasteiger partial charge in [-0.2, -0.15) is 0 Å². The van der Waals surface area contributed by atoms with E-state index in [1.54, 1.807) is 7.11 Å². The molecule has 3 atom stereocenters. The van der Waals surface area contributed by atoms with Crippen LogP contribution in [0.1, 0.15) is 45.4 Å². The summed E-state index contributed by atoms with van der Waals surface area (Å²) in [5, 5.41) is 3.80. The average Bonchev–Trinajstić information content (AvgIpc) is 2.28. The number of piperidine rings is 2. The Morgan fingerprint density at radius 3 is 2.53 bits per heavy atom. The first-order valence-electron chi connectivity index (χ1n) is 7.17. The lowest BCUT2D eigenvalue weighted by atomic mass is 9.82. The number of fused-ring (bicyclic) bond motifs is 2. The Morgan fingerprint density at radius 2 is 1.94 bits per heavy atom. The Morgan fingerprint density at radius 1 is 1.29 bits per heavy atom. The molecule has 100 valence electrons. The van der Waals surface area contributed by atoms with Crippen LogP contribution in [0.15, 0.2) is 0 Å². The second kappa shape index (κ2) is 6.17. The summed E-state index contributed by atoms with van der Waals surface area (Å²) < 4.78 is 5.15. The SMILES string of the molecule is COCCC(C)NC1CC2CCCC(C1)N2C. The van der Waals surface area contributed by atoms with Gasteiger partial charge in [0.15, 0.2) is 0 Å². The van der Waals surface area contributed by atoms with Gasteiger partial charge in [0, 0.05) is 37.9 Å². The van der Waals surface area contributed by atoms with Crippen LogP contribution in [0.2, 0.25) is 0 Å². The largest absolute Gasteiger partial charge is 0.385 e. The fraction of sp³-hybridized carbons (Fsp3) is 1.00. The third-order valence-electron chi connectivity index (χ3n) is 4.62. The zero-order chi connectivity index (χ0) is 12.3. The van der Waals surface area contributed by atoms with Gasteiger partial charge in [-0.25, -0.2) is 0 Å². The maximum atomic E-state index is 5.15. The molecule has 2 aliphatic rings. The highest BCUT2D eigenvalue weighted by atomic mass is 16.5. The molecule has 17 heavy (non-hydrogen) atoms. The quantitative estimate of drug-likeness (QED) is 0.795. The molecule has 2 aliphatic heterocycles. The summed E-state index contributed by atoms with van der Waals surface area (Å²) >= 11 is 0. The van der Waals surface area contributed by atoms with Crippen LogP contribution in [-0.4, -0.2) is 49.8 Å². The standard InChI is InChI=1S/C14H28N2O/c1-11(7-8-17-3)15-12-9-13-5-4-6-14(10-12)16(13)2/h11-15H,4-10H2,1-3H3. The third kappa shape index (κ3) is 3.43. The molecule has 3 unspecified atom stereocenters. The van der Waals surface area contributed by atoms with Crippen molar-refractivity contribution >= 4 is 0 Å². The van der Waals surface area contributed by atoms with Crippen molar-refractivity contribution in [3.8, 4) is 0 Å². The Labute approximate surface area is 106 Å². The Balaban J connectivity index is 1.79. The molecule has 0 radical (unpaired) electrons. The summed E-state index contributed by atoms with van der Waals surface area (Å²) in [5.74, 6) is 0. The van der Waals surface area contributed by atoms with E-state index in [4.69, 9.17) is 4.74 Å². The Bertz CT molecular complexity index is 220. The summed E-state index contributed by atoms with van der Waals surface area (Å²) in [6.45, 7) is 3.15. The molecule has 2 heterocycles. The van der Waals surface area contributed by atoms with Gasteiger partial charge in [-0.1, -0.05) is 6.42 Å². The van der Waals surface area contributed by atoms with Gasteiger partial charge < -0.3 is 15.0 Å². The van der Waals surface area contributed by atoms with Crippen LogP contribution >= 0.6 is 0 Å². The second-order valence-electron chi connectivity index (χ2n) is 5.92. The van der Waals surface area contributed by atoms with Crippen LogP contribution in [0.4, 0.5) is 0 Å². The van der Waals surface area contributed by atoms with E-state index in [2.05, 4.69) is 24.2 Å². The van der Waals surface area contributed by atoms with E-state index >= 15 is 0 Å². The van der Waals surface area contributed by atoms with Gasteiger partial charge in [0.1, 0.15) is 0 Å². The van der Waals surface area contributed by atoms with Crippen molar-refractivity contribution in [3.63, 3.8) is 0 Å². The molecule has 2 saturated heterocycles. The van der Waals surface area contributed by atoms with E-state index in [-0.39, 0.29) is 0 Å². The number of methoxy groups -OCH3 is 1. The van der Waals surface area contributed by atoms with Crippen molar-refractivity contribution in [1.82, 2.24) is 10.2 Å². The molecule has 0 aromatic rings. The molecule has 0 saturated carbocycles. The van der Waals surface area contributed by atoms with Gasteiger partial charge in [0.05, 0.1) is 0 Å². The molecule has 2 bridgehead atoms. The monoisotopic (exact) mass is 240 g/mol. The zero-order valence-corrected chi connectivity index (χ0v) is 11.6. The van der Waals surface area contributed by atoms with Crippen LogP contribution in [0.3, 0.4) is 0 Å². The lowest BCUT2D eigenvalue weighted by Gasteiger charge is -2.47. The van der Waals surface area contributed by atoms with Crippen LogP contribution in [0, 0.1) is 0 Å². The lowest BCUT2D eigenvalue weighted by molar-refractivity contribution is 0.0451. The van der Waals surface area contributed by atoms with E-state index in [1.165, 1.54) is 32.1 Å². The maximum Gasteiger partial charge on any atom is 0.0476 e. The Kier molecular flexibility index (Phi) is 4.83. The summed E-state index contributed by atoms with van der Waals surface area (Å²) in [6, 6.07) is 2.97. The molecule has 3 heteroatoms. The van der Waals surface area contributed by atoms with Gasteiger partial charge in [0.25, 0.3) is 0 Å². The van der Waals surface area contributed by atoms with Gasteiger partial charge in [-0.3, -0.25) is 0 Å². The topological polar surface area (TPSA) is 24.5 Å². The number of ether oxygens (including phenoxy) is 1. The number of nitrogens with zero attached hydrogens (tertiary/aromatic N) is 1. The minimum Gasteiger partial charge on any atom is -0.385 e. The van der Waals surface area contributed by atoms with Crippen LogP contribution < -0.4 is 5.32 Å². The zero-order valence-electron chi connectivity index (χ0n) is 11.6. The predicted molar refractivity (Wildman–Crippen MR) is 71.3 cm³/mol. The molecular weight excluding hydrogens is 212 g/mol. The molecule has 0 spiro atoms. The van der Waals surface area contributed by atoms with Gasteiger partial charge in [-0.15, -0.1) is 0 Å². The van der Waals surface area contributed by atoms with Crippen molar-refractivity contribution in [2.45, 2.75) is 69.6 Å². The molecule has 0 amide bonds. The van der Waals surface area contributed by atoms with Gasteiger partial charge >= 0.3 is 0 Å². The minimum atomic E-state index is 0.587. The molecule has 2 rings (SSSR count). The van der Waals surface area contributed by atoms with E-state index in [9.17, 15) is 0 Å². The highest BCUT2D eigenvalue weighted by Crippen LogP contribution is 2.32. The number of nitrogens with one attached hydrogen (secondary N) is 1. The summed E-state index contributed by atoms with van der Waals surface area (Å²) in [5.41, 5.74) is 0. The first-order valence-corrected chi connectivity index (χ1v) is 7.17. The van der Waals surface area contributed by atoms with Crippen molar-refractivity contribution in [3.05, 3.63) is 0 Å². The average molecular weight is 240 g/mol. The van der Waals surface area contributed by atoms with Crippen molar-refractivity contribution in [1.29, 1.82) is 0 Å². The minimum absolute atomic E-state index is 0.587. The van der Waals surface area contributed by atoms with Crippen LogP contribution in [0.25, 0.3) is 0 Å². The smallest absolute Gasteiger partial charge is 0.0476 e. The van der Waals surface area contributed by atoms with E-state index in [0.717, 1.165) is 31.2 Å². The molecule has 0 aromatic heterocycles. The van der Waals surface area contributed by atoms with Crippen LogP contribution in [0.5, 0.6) is 0 Å². The first-order chi connectivity index (χ1) is 8.20. The number of rotatable bonds is 5. The molecule has 3 nitrogen and oxygen atoms in total. The molecule has 0 aromatic carbocycles. The highest BCUT2D eigenvalue weighted by molar-refractivity contribution is 4.94. The fourth-order valence-electron chi connectivity index (χ4n) is 3.53. The lowest BCUT2D eigenvalue weighted by Crippen LogP contribution is -2.55. The van der Waals surface area contributed by atoms with Crippen molar-refractivity contribution in [2.24, 2.45) is 0 Å². The van der Waals surface area contributed by atoms with Crippen molar-refractivity contribution in [2.75, 3.05) is 20.8 Å². The third-order valence-corrected chi connectivity index (χ3v) is 4.62. The second-order valence-corrected chi connectivity index (χ2v) is 5.92. The number of hydrogen-bond donors (Lipinski definition) is 1. The molecular formula is C14H28N2O. The van der Waals surface area contributed by atoms with Gasteiger partial charge in [-0.05, 0) is 46.1 Å².